The number of benzene rings is 1. The van der Waals surface area contributed by atoms with Crippen molar-refractivity contribution in [2.75, 3.05) is 13.1 Å². The number of aliphatic hydroxyl groups is 1. The molecule has 118 valence electrons. The molecule has 0 saturated carbocycles. The van der Waals surface area contributed by atoms with Crippen molar-refractivity contribution < 1.29 is 9.50 Å². The van der Waals surface area contributed by atoms with Crippen LogP contribution in [0.2, 0.25) is 5.15 Å². The molecule has 2 aromatic rings. The minimum atomic E-state index is -0.250. The molecule has 1 atom stereocenters. The van der Waals surface area contributed by atoms with Gasteiger partial charge in [-0.3, -0.25) is 4.90 Å². The molecule has 0 bridgehead atoms. The average Bonchev–Trinajstić information content (AvgIpc) is 3.00. The number of halogens is 2. The maximum absolute atomic E-state index is 13.0. The Labute approximate surface area is 134 Å². The predicted molar refractivity (Wildman–Crippen MR) is 83.4 cm³/mol. The molecule has 1 aromatic carbocycles. The normalized spacial score (nSPS) is 19.0. The van der Waals surface area contributed by atoms with Gasteiger partial charge in [-0.15, -0.1) is 0 Å². The standard InChI is InChI=1S/C16H19ClFN3O/c1-11-15(10-20-7-6-14(22)9-20)16(17)21(19-11)8-12-2-4-13(18)5-3-12/h2-5,14,22H,6-10H2,1H3/t14-/m0/s1. The fraction of sp³-hybridized carbons (Fsp3) is 0.438. The number of hydrogen-bond acceptors (Lipinski definition) is 3. The topological polar surface area (TPSA) is 41.3 Å². The van der Waals surface area contributed by atoms with E-state index in [0.717, 1.165) is 29.8 Å². The van der Waals surface area contributed by atoms with Gasteiger partial charge < -0.3 is 5.11 Å². The van der Waals surface area contributed by atoms with Crippen LogP contribution in [-0.2, 0) is 13.1 Å². The van der Waals surface area contributed by atoms with Crippen LogP contribution >= 0.6 is 11.6 Å². The molecule has 0 amide bonds. The van der Waals surface area contributed by atoms with E-state index in [-0.39, 0.29) is 11.9 Å². The lowest BCUT2D eigenvalue weighted by Crippen LogP contribution is -2.21. The summed E-state index contributed by atoms with van der Waals surface area (Å²) in [6.07, 6.45) is 0.564. The van der Waals surface area contributed by atoms with E-state index in [1.807, 2.05) is 6.92 Å². The van der Waals surface area contributed by atoms with E-state index in [1.165, 1.54) is 12.1 Å². The first kappa shape index (κ1) is 15.5. The van der Waals surface area contributed by atoms with E-state index in [2.05, 4.69) is 10.00 Å². The number of hydrogen-bond donors (Lipinski definition) is 1. The molecule has 0 spiro atoms. The van der Waals surface area contributed by atoms with Crippen LogP contribution in [0, 0.1) is 12.7 Å². The molecule has 1 saturated heterocycles. The summed E-state index contributed by atoms with van der Waals surface area (Å²) < 4.78 is 14.7. The van der Waals surface area contributed by atoms with Crippen LogP contribution < -0.4 is 0 Å². The molecule has 1 aliphatic rings. The summed E-state index contributed by atoms with van der Waals surface area (Å²) in [5, 5.41) is 14.7. The van der Waals surface area contributed by atoms with E-state index in [4.69, 9.17) is 11.6 Å². The average molecular weight is 324 g/mol. The number of β-amino-alcohol motifs (C(OH)–C–C–N with tert-alkyl or cyclic N) is 1. The Hall–Kier alpha value is -1.43. The number of aliphatic hydroxyl groups excluding tert-OH is 1. The summed E-state index contributed by atoms with van der Waals surface area (Å²) in [6.45, 7) is 4.71. The number of aromatic nitrogens is 2. The third-order valence-corrected chi connectivity index (χ3v) is 4.48. The predicted octanol–water partition coefficient (Wildman–Crippen LogP) is 2.60. The molecule has 22 heavy (non-hydrogen) atoms. The molecular weight excluding hydrogens is 305 g/mol. The third kappa shape index (κ3) is 3.32. The molecule has 0 radical (unpaired) electrons. The molecule has 0 unspecified atom stereocenters. The van der Waals surface area contributed by atoms with Gasteiger partial charge in [-0.05, 0) is 31.0 Å². The second-order valence-electron chi connectivity index (χ2n) is 5.82. The molecule has 3 rings (SSSR count). The molecule has 0 aliphatic carbocycles. The van der Waals surface area contributed by atoms with Gasteiger partial charge in [0.15, 0.2) is 0 Å². The van der Waals surface area contributed by atoms with Gasteiger partial charge in [0, 0.05) is 25.2 Å². The van der Waals surface area contributed by atoms with Crippen molar-refractivity contribution in [1.82, 2.24) is 14.7 Å². The van der Waals surface area contributed by atoms with Gasteiger partial charge in [0.05, 0.1) is 18.3 Å². The lowest BCUT2D eigenvalue weighted by molar-refractivity contribution is 0.174. The number of rotatable bonds is 4. The van der Waals surface area contributed by atoms with E-state index in [1.54, 1.807) is 16.8 Å². The molecule has 4 nitrogen and oxygen atoms in total. The molecule has 1 fully saturated rings. The Kier molecular flexibility index (Phi) is 4.47. The molecular formula is C16H19ClFN3O. The van der Waals surface area contributed by atoms with Crippen LogP contribution in [0.3, 0.4) is 0 Å². The van der Waals surface area contributed by atoms with Gasteiger partial charge in [-0.2, -0.15) is 5.10 Å². The van der Waals surface area contributed by atoms with Crippen molar-refractivity contribution >= 4 is 11.6 Å². The summed E-state index contributed by atoms with van der Waals surface area (Å²) in [6, 6.07) is 6.34. The highest BCUT2D eigenvalue weighted by Gasteiger charge is 2.23. The fourth-order valence-corrected chi connectivity index (χ4v) is 3.11. The Balaban J connectivity index is 1.76. The largest absolute Gasteiger partial charge is 0.392 e. The van der Waals surface area contributed by atoms with Crippen molar-refractivity contribution in [2.24, 2.45) is 0 Å². The van der Waals surface area contributed by atoms with Crippen molar-refractivity contribution in [3.63, 3.8) is 0 Å². The summed E-state index contributed by atoms with van der Waals surface area (Å²) in [5.41, 5.74) is 2.85. The van der Waals surface area contributed by atoms with E-state index in [9.17, 15) is 9.50 Å². The molecule has 1 aromatic heterocycles. The maximum atomic E-state index is 13.0. The third-order valence-electron chi connectivity index (χ3n) is 4.06. The Bertz CT molecular complexity index is 656. The van der Waals surface area contributed by atoms with Crippen molar-refractivity contribution in [3.05, 3.63) is 52.1 Å². The van der Waals surface area contributed by atoms with Crippen molar-refractivity contribution in [2.45, 2.75) is 32.5 Å². The van der Waals surface area contributed by atoms with E-state index in [0.29, 0.717) is 24.8 Å². The summed E-state index contributed by atoms with van der Waals surface area (Å²) >= 11 is 6.46. The van der Waals surface area contributed by atoms with Crippen LogP contribution in [0.15, 0.2) is 24.3 Å². The number of likely N-dealkylation sites (tertiary alicyclic amines) is 1. The van der Waals surface area contributed by atoms with Crippen molar-refractivity contribution in [1.29, 1.82) is 0 Å². The highest BCUT2D eigenvalue weighted by molar-refractivity contribution is 6.30. The first-order chi connectivity index (χ1) is 10.5. The second kappa shape index (κ2) is 6.36. The first-order valence-corrected chi connectivity index (χ1v) is 7.77. The van der Waals surface area contributed by atoms with Gasteiger partial charge in [-0.1, -0.05) is 23.7 Å². The maximum Gasteiger partial charge on any atom is 0.132 e. The zero-order valence-corrected chi connectivity index (χ0v) is 13.2. The second-order valence-corrected chi connectivity index (χ2v) is 6.17. The smallest absolute Gasteiger partial charge is 0.132 e. The highest BCUT2D eigenvalue weighted by atomic mass is 35.5. The highest BCUT2D eigenvalue weighted by Crippen LogP contribution is 2.24. The van der Waals surface area contributed by atoms with Crippen LogP contribution in [-0.4, -0.2) is 39.0 Å². The molecule has 1 N–H and O–H groups in total. The van der Waals surface area contributed by atoms with Gasteiger partial charge in [0.25, 0.3) is 0 Å². The van der Waals surface area contributed by atoms with Gasteiger partial charge in [0.1, 0.15) is 11.0 Å². The monoisotopic (exact) mass is 323 g/mol. The fourth-order valence-electron chi connectivity index (χ4n) is 2.82. The minimum Gasteiger partial charge on any atom is -0.392 e. The lowest BCUT2D eigenvalue weighted by Gasteiger charge is -2.14. The van der Waals surface area contributed by atoms with Crippen LogP contribution in [0.4, 0.5) is 4.39 Å². The Morgan fingerprint density at radius 3 is 2.68 bits per heavy atom. The zero-order chi connectivity index (χ0) is 15.7. The summed E-state index contributed by atoms with van der Waals surface area (Å²) in [5.74, 6) is -0.250. The minimum absolute atomic E-state index is 0.242. The van der Waals surface area contributed by atoms with Crippen LogP contribution in [0.25, 0.3) is 0 Å². The lowest BCUT2D eigenvalue weighted by atomic mass is 10.2. The summed E-state index contributed by atoms with van der Waals surface area (Å²) in [4.78, 5) is 2.18. The van der Waals surface area contributed by atoms with Gasteiger partial charge in [0.2, 0.25) is 0 Å². The van der Waals surface area contributed by atoms with Gasteiger partial charge in [-0.25, -0.2) is 9.07 Å². The van der Waals surface area contributed by atoms with E-state index >= 15 is 0 Å². The molecule has 6 heteroatoms. The zero-order valence-electron chi connectivity index (χ0n) is 12.5. The summed E-state index contributed by atoms with van der Waals surface area (Å²) in [7, 11) is 0. The molecule has 1 aliphatic heterocycles. The quantitative estimate of drug-likeness (QED) is 0.940. The van der Waals surface area contributed by atoms with E-state index < -0.39 is 0 Å². The van der Waals surface area contributed by atoms with Crippen LogP contribution in [0.5, 0.6) is 0 Å². The van der Waals surface area contributed by atoms with Crippen molar-refractivity contribution in [3.8, 4) is 0 Å². The Morgan fingerprint density at radius 2 is 2.05 bits per heavy atom. The van der Waals surface area contributed by atoms with Crippen LogP contribution in [0.1, 0.15) is 23.2 Å². The SMILES string of the molecule is Cc1nn(Cc2ccc(F)cc2)c(Cl)c1CN1CC[C@H](O)C1. The van der Waals surface area contributed by atoms with Gasteiger partial charge >= 0.3 is 0 Å². The molecule has 2 heterocycles. The Morgan fingerprint density at radius 1 is 1.32 bits per heavy atom. The number of nitrogens with zero attached hydrogens (tertiary/aromatic N) is 3. The first-order valence-electron chi connectivity index (χ1n) is 7.39. The number of aryl methyl sites for hydroxylation is 1.